The van der Waals surface area contributed by atoms with Gasteiger partial charge in [-0.1, -0.05) is 13.8 Å². The zero-order chi connectivity index (χ0) is 18.0. The first kappa shape index (κ1) is 17.1. The van der Waals surface area contributed by atoms with Crippen molar-refractivity contribution in [3.05, 3.63) is 48.2 Å². The lowest BCUT2D eigenvalue weighted by Gasteiger charge is -2.17. The Hall–Kier alpha value is -2.76. The fraction of sp³-hybridized carbons (Fsp3) is 0.368. The molecule has 1 amide bonds. The van der Waals surface area contributed by atoms with E-state index in [0.717, 1.165) is 28.2 Å². The topological polar surface area (TPSA) is 71.9 Å². The molecule has 2 heterocycles. The van der Waals surface area contributed by atoms with Gasteiger partial charge in [0.15, 0.2) is 0 Å². The van der Waals surface area contributed by atoms with Crippen LogP contribution in [0.25, 0.3) is 10.9 Å². The zero-order valence-corrected chi connectivity index (χ0v) is 15.0. The van der Waals surface area contributed by atoms with Gasteiger partial charge in [0.25, 0.3) is 0 Å². The smallest absolute Gasteiger partial charge is 0.243 e. The molecule has 25 heavy (non-hydrogen) atoms. The minimum Gasteiger partial charge on any atom is -0.497 e. The molecule has 1 aromatic carbocycles. The maximum absolute atomic E-state index is 12.5. The van der Waals surface area contributed by atoms with Crippen molar-refractivity contribution in [1.82, 2.24) is 19.9 Å². The number of H-pyrrole nitrogens is 1. The minimum absolute atomic E-state index is 0.0314. The number of carbonyl (C=O) groups excluding carboxylic acids is 1. The molecular formula is C19H24N4O2. The fourth-order valence-corrected chi connectivity index (χ4v) is 2.95. The number of hydrogen-bond donors (Lipinski definition) is 2. The van der Waals surface area contributed by atoms with Crippen LogP contribution in [-0.2, 0) is 11.3 Å². The number of methoxy groups -OCH3 is 1. The molecule has 2 aromatic heterocycles. The predicted octanol–water partition coefficient (Wildman–Crippen LogP) is 3.37. The summed E-state index contributed by atoms with van der Waals surface area (Å²) in [6, 6.07) is 7.59. The van der Waals surface area contributed by atoms with Gasteiger partial charge >= 0.3 is 0 Å². The first-order valence-corrected chi connectivity index (χ1v) is 8.45. The molecule has 0 spiro atoms. The maximum atomic E-state index is 12.5. The average Bonchev–Trinajstić information content (AvgIpc) is 3.24. The van der Waals surface area contributed by atoms with Gasteiger partial charge in [0.1, 0.15) is 17.6 Å². The van der Waals surface area contributed by atoms with Gasteiger partial charge < -0.3 is 19.6 Å². The lowest BCUT2D eigenvalue weighted by molar-refractivity contribution is -0.124. The number of fused-ring (bicyclic) bond motifs is 1. The summed E-state index contributed by atoms with van der Waals surface area (Å²) in [7, 11) is 1.65. The van der Waals surface area contributed by atoms with Crippen molar-refractivity contribution in [2.75, 3.05) is 7.11 Å². The minimum atomic E-state index is -0.302. The van der Waals surface area contributed by atoms with Gasteiger partial charge in [-0.25, -0.2) is 4.98 Å². The van der Waals surface area contributed by atoms with E-state index in [-0.39, 0.29) is 17.9 Å². The highest BCUT2D eigenvalue weighted by molar-refractivity contribution is 5.83. The van der Waals surface area contributed by atoms with E-state index in [9.17, 15) is 4.79 Å². The highest BCUT2D eigenvalue weighted by Gasteiger charge is 2.19. The molecule has 3 aromatic rings. The number of amides is 1. The number of imidazole rings is 1. The molecule has 3 rings (SSSR count). The average molecular weight is 340 g/mol. The molecule has 0 aliphatic carbocycles. The van der Waals surface area contributed by atoms with Gasteiger partial charge in [0.05, 0.1) is 13.7 Å². The molecule has 0 fully saturated rings. The van der Waals surface area contributed by atoms with E-state index in [1.165, 1.54) is 0 Å². The van der Waals surface area contributed by atoms with E-state index in [4.69, 9.17) is 4.74 Å². The van der Waals surface area contributed by atoms with Crippen molar-refractivity contribution in [1.29, 1.82) is 0 Å². The van der Waals surface area contributed by atoms with Crippen molar-refractivity contribution in [3.8, 4) is 5.75 Å². The molecule has 2 N–H and O–H groups in total. The van der Waals surface area contributed by atoms with E-state index in [1.807, 2.05) is 42.0 Å². The summed E-state index contributed by atoms with van der Waals surface area (Å²) >= 11 is 0. The Morgan fingerprint density at radius 3 is 2.84 bits per heavy atom. The first-order chi connectivity index (χ1) is 12.0. The lowest BCUT2D eigenvalue weighted by Crippen LogP contribution is -2.31. The number of carbonyl (C=O) groups is 1. The summed E-state index contributed by atoms with van der Waals surface area (Å²) in [5.74, 6) is 1.97. The molecule has 0 aliphatic heterocycles. The third-order valence-electron chi connectivity index (χ3n) is 4.35. The maximum Gasteiger partial charge on any atom is 0.243 e. The van der Waals surface area contributed by atoms with Gasteiger partial charge in [-0.2, -0.15) is 0 Å². The van der Waals surface area contributed by atoms with Crippen LogP contribution >= 0.6 is 0 Å². The van der Waals surface area contributed by atoms with Gasteiger partial charge in [-0.05, 0) is 31.2 Å². The van der Waals surface area contributed by atoms with Gasteiger partial charge in [0, 0.05) is 34.9 Å². The van der Waals surface area contributed by atoms with Crippen molar-refractivity contribution in [2.24, 2.45) is 0 Å². The number of hydrogen-bond acceptors (Lipinski definition) is 3. The molecule has 0 bridgehead atoms. The first-order valence-electron chi connectivity index (χ1n) is 8.45. The van der Waals surface area contributed by atoms with Crippen molar-refractivity contribution in [2.45, 2.75) is 39.3 Å². The van der Waals surface area contributed by atoms with E-state index < -0.39 is 0 Å². The molecule has 6 nitrogen and oxygen atoms in total. The molecule has 0 saturated heterocycles. The second-order valence-electron chi connectivity index (χ2n) is 6.49. The second-order valence-corrected chi connectivity index (χ2v) is 6.49. The molecule has 132 valence electrons. The van der Waals surface area contributed by atoms with E-state index in [1.54, 1.807) is 13.3 Å². The summed E-state index contributed by atoms with van der Waals surface area (Å²) in [5, 5.41) is 4.06. The van der Waals surface area contributed by atoms with Crippen LogP contribution in [0, 0.1) is 0 Å². The Bertz CT molecular complexity index is 879. The number of ether oxygens (including phenoxy) is 1. The predicted molar refractivity (Wildman–Crippen MR) is 97.7 cm³/mol. The molecule has 0 saturated carbocycles. The number of aromatic amines is 1. The van der Waals surface area contributed by atoms with Gasteiger partial charge in [-0.3, -0.25) is 4.79 Å². The zero-order valence-electron chi connectivity index (χ0n) is 15.0. The summed E-state index contributed by atoms with van der Waals surface area (Å²) in [5.41, 5.74) is 1.98. The normalized spacial score (nSPS) is 12.5. The Labute approximate surface area is 147 Å². The SMILES string of the molecule is COc1ccc2[nH]c(CNC(=O)[C@H](C)n3ccnc3C(C)C)cc2c1. The quantitative estimate of drug-likeness (QED) is 0.722. The number of nitrogens with zero attached hydrogens (tertiary/aromatic N) is 2. The summed E-state index contributed by atoms with van der Waals surface area (Å²) in [4.78, 5) is 20.2. The highest BCUT2D eigenvalue weighted by Crippen LogP contribution is 2.22. The molecule has 0 radical (unpaired) electrons. The Balaban J connectivity index is 1.68. The van der Waals surface area contributed by atoms with Crippen LogP contribution in [0.4, 0.5) is 0 Å². The Morgan fingerprint density at radius 2 is 2.12 bits per heavy atom. The van der Waals surface area contributed by atoms with Crippen LogP contribution in [0.2, 0.25) is 0 Å². The number of benzene rings is 1. The van der Waals surface area contributed by atoms with Gasteiger partial charge in [-0.15, -0.1) is 0 Å². The molecule has 0 unspecified atom stereocenters. The summed E-state index contributed by atoms with van der Waals surface area (Å²) in [6.07, 6.45) is 3.60. The molecule has 0 aliphatic rings. The van der Waals surface area contributed by atoms with Crippen LogP contribution in [-0.4, -0.2) is 27.6 Å². The van der Waals surface area contributed by atoms with Crippen molar-refractivity contribution in [3.63, 3.8) is 0 Å². The van der Waals surface area contributed by atoms with E-state index in [0.29, 0.717) is 6.54 Å². The third kappa shape index (κ3) is 3.52. The molecular weight excluding hydrogens is 316 g/mol. The Morgan fingerprint density at radius 1 is 1.32 bits per heavy atom. The molecule has 1 atom stereocenters. The van der Waals surface area contributed by atoms with Crippen LogP contribution in [0.5, 0.6) is 5.75 Å². The monoisotopic (exact) mass is 340 g/mol. The fourth-order valence-electron chi connectivity index (χ4n) is 2.95. The number of aromatic nitrogens is 3. The van der Waals surface area contributed by atoms with Crippen molar-refractivity contribution < 1.29 is 9.53 Å². The number of nitrogens with one attached hydrogen (secondary N) is 2. The van der Waals surface area contributed by atoms with Crippen LogP contribution in [0.3, 0.4) is 0 Å². The largest absolute Gasteiger partial charge is 0.497 e. The van der Waals surface area contributed by atoms with Gasteiger partial charge in [0.2, 0.25) is 5.91 Å². The van der Waals surface area contributed by atoms with Crippen LogP contribution < -0.4 is 10.1 Å². The van der Waals surface area contributed by atoms with E-state index >= 15 is 0 Å². The number of rotatable bonds is 6. The third-order valence-corrected chi connectivity index (χ3v) is 4.35. The Kier molecular flexibility index (Phi) is 4.79. The summed E-state index contributed by atoms with van der Waals surface area (Å²) in [6.45, 7) is 6.48. The highest BCUT2D eigenvalue weighted by atomic mass is 16.5. The van der Waals surface area contributed by atoms with Crippen molar-refractivity contribution >= 4 is 16.8 Å². The van der Waals surface area contributed by atoms with Crippen LogP contribution in [0.1, 0.15) is 44.2 Å². The standard InChI is InChI=1S/C19H24N4O2/c1-12(2)18-20-7-8-23(18)13(3)19(24)21-11-15-9-14-10-16(25-4)5-6-17(14)22-15/h5-10,12-13,22H,11H2,1-4H3,(H,21,24)/t13-/m0/s1. The second kappa shape index (κ2) is 7.01. The van der Waals surface area contributed by atoms with E-state index in [2.05, 4.69) is 29.1 Å². The summed E-state index contributed by atoms with van der Waals surface area (Å²) < 4.78 is 7.17. The van der Waals surface area contributed by atoms with Crippen LogP contribution in [0.15, 0.2) is 36.7 Å². The lowest BCUT2D eigenvalue weighted by atomic mass is 10.2. The molecule has 6 heteroatoms.